The van der Waals surface area contributed by atoms with Crippen LogP contribution >= 0.6 is 34.4 Å². The van der Waals surface area contributed by atoms with Gasteiger partial charge in [-0.1, -0.05) is 24.0 Å². The summed E-state index contributed by atoms with van der Waals surface area (Å²) >= 11 is 4.09. The highest BCUT2D eigenvalue weighted by molar-refractivity contribution is 8.16. The number of carbonyl (C=O) groups is 3. The average molecular weight is 537 g/mol. The predicted octanol–water partition coefficient (Wildman–Crippen LogP) is 5.60. The van der Waals surface area contributed by atoms with Crippen molar-refractivity contribution in [1.29, 1.82) is 0 Å². The fraction of sp³-hybridized carbons (Fsp3) is 0.222. The highest BCUT2D eigenvalue weighted by Gasteiger charge is 2.23. The van der Waals surface area contributed by atoms with Crippen molar-refractivity contribution in [2.45, 2.75) is 19.3 Å². The molecule has 36 heavy (non-hydrogen) atoms. The SMILES string of the molecule is COC(=O)c1ccc(CCN2C(=O)SC=CN2CCC(=O)Cc2cccc(C#Cc3ccsc3)c2)s1. The summed E-state index contributed by atoms with van der Waals surface area (Å²) in [5.41, 5.74) is 2.79. The number of carbonyl (C=O) groups excluding carboxylic acids is 3. The maximum absolute atomic E-state index is 12.7. The number of ketones is 1. The fourth-order valence-corrected chi connectivity index (χ4v) is 5.69. The van der Waals surface area contributed by atoms with E-state index in [1.165, 1.54) is 18.4 Å². The second kappa shape index (κ2) is 12.6. The van der Waals surface area contributed by atoms with Crippen LogP contribution in [0, 0.1) is 11.8 Å². The molecule has 3 aromatic rings. The van der Waals surface area contributed by atoms with E-state index in [0.717, 1.165) is 33.3 Å². The first kappa shape index (κ1) is 25.8. The van der Waals surface area contributed by atoms with Gasteiger partial charge in [-0.25, -0.2) is 9.80 Å². The zero-order chi connectivity index (χ0) is 25.3. The number of amides is 1. The van der Waals surface area contributed by atoms with Crippen LogP contribution < -0.4 is 0 Å². The third-order valence-electron chi connectivity index (χ3n) is 5.36. The first-order chi connectivity index (χ1) is 17.5. The Balaban J connectivity index is 1.31. The third-order valence-corrected chi connectivity index (χ3v) is 7.84. The zero-order valence-electron chi connectivity index (χ0n) is 19.6. The summed E-state index contributed by atoms with van der Waals surface area (Å²) in [6, 6.07) is 13.3. The minimum absolute atomic E-state index is 0.0911. The van der Waals surface area contributed by atoms with Crippen LogP contribution in [0.15, 0.2) is 64.8 Å². The Morgan fingerprint density at radius 1 is 1.06 bits per heavy atom. The van der Waals surface area contributed by atoms with Gasteiger partial charge in [0.1, 0.15) is 10.7 Å². The lowest BCUT2D eigenvalue weighted by molar-refractivity contribution is -0.119. The molecule has 0 fully saturated rings. The van der Waals surface area contributed by atoms with Crippen LogP contribution in [-0.4, -0.2) is 47.2 Å². The van der Waals surface area contributed by atoms with Crippen LogP contribution in [-0.2, 0) is 22.4 Å². The highest BCUT2D eigenvalue weighted by Crippen LogP contribution is 2.23. The molecule has 0 saturated carbocycles. The number of thioether (sulfide) groups is 1. The molecule has 1 aliphatic heterocycles. The minimum Gasteiger partial charge on any atom is -0.465 e. The molecule has 0 bridgehead atoms. The van der Waals surface area contributed by atoms with Crippen LogP contribution in [0.2, 0.25) is 0 Å². The van der Waals surface area contributed by atoms with Gasteiger partial charge in [-0.3, -0.25) is 14.6 Å². The number of hydrogen-bond donors (Lipinski definition) is 0. The molecule has 184 valence electrons. The van der Waals surface area contributed by atoms with Gasteiger partial charge < -0.3 is 4.74 Å². The summed E-state index contributed by atoms with van der Waals surface area (Å²) in [5, 5.41) is 9.09. The topological polar surface area (TPSA) is 66.9 Å². The van der Waals surface area contributed by atoms with E-state index in [9.17, 15) is 14.4 Å². The van der Waals surface area contributed by atoms with E-state index in [1.54, 1.807) is 32.8 Å². The summed E-state index contributed by atoms with van der Waals surface area (Å²) in [6.45, 7) is 0.869. The number of Topliss-reactive ketones (excluding diaryl/α,β-unsaturated/α-hetero) is 1. The van der Waals surface area contributed by atoms with Gasteiger partial charge in [-0.2, -0.15) is 11.3 Å². The molecule has 4 rings (SSSR count). The van der Waals surface area contributed by atoms with Gasteiger partial charge in [0.2, 0.25) is 0 Å². The Kier molecular flexibility index (Phi) is 9.01. The van der Waals surface area contributed by atoms with E-state index in [0.29, 0.717) is 37.2 Å². The van der Waals surface area contributed by atoms with Crippen molar-refractivity contribution < 1.29 is 19.1 Å². The summed E-state index contributed by atoms with van der Waals surface area (Å²) in [5.74, 6) is 6.02. The summed E-state index contributed by atoms with van der Waals surface area (Å²) in [7, 11) is 1.36. The molecule has 1 amide bonds. The van der Waals surface area contributed by atoms with E-state index < -0.39 is 0 Å². The molecule has 0 unspecified atom stereocenters. The quantitative estimate of drug-likeness (QED) is 0.262. The van der Waals surface area contributed by atoms with Gasteiger partial charge in [-0.05, 0) is 58.4 Å². The highest BCUT2D eigenvalue weighted by atomic mass is 32.2. The summed E-state index contributed by atoms with van der Waals surface area (Å²) in [6.07, 6.45) is 3.06. The maximum Gasteiger partial charge on any atom is 0.348 e. The van der Waals surface area contributed by atoms with Gasteiger partial charge in [-0.15, -0.1) is 11.3 Å². The first-order valence-corrected chi connectivity index (χ1v) is 13.9. The van der Waals surface area contributed by atoms with E-state index in [1.807, 2.05) is 53.4 Å². The third kappa shape index (κ3) is 7.10. The molecule has 0 atom stereocenters. The van der Waals surface area contributed by atoms with Crippen molar-refractivity contribution in [1.82, 2.24) is 10.0 Å². The molecule has 6 nitrogen and oxygen atoms in total. The molecule has 0 saturated heterocycles. The number of ether oxygens (including phenoxy) is 1. The summed E-state index contributed by atoms with van der Waals surface area (Å²) < 4.78 is 4.76. The molecule has 9 heteroatoms. The second-order valence-electron chi connectivity index (χ2n) is 7.89. The minimum atomic E-state index is -0.362. The molecule has 0 radical (unpaired) electrons. The lowest BCUT2D eigenvalue weighted by Gasteiger charge is -2.35. The average Bonchev–Trinajstić information content (AvgIpc) is 3.58. The van der Waals surface area contributed by atoms with Crippen molar-refractivity contribution in [3.63, 3.8) is 0 Å². The molecule has 0 N–H and O–H groups in total. The van der Waals surface area contributed by atoms with Crippen molar-refractivity contribution in [3.05, 3.63) is 91.3 Å². The lowest BCUT2D eigenvalue weighted by atomic mass is 10.0. The van der Waals surface area contributed by atoms with E-state index in [2.05, 4.69) is 11.8 Å². The largest absolute Gasteiger partial charge is 0.465 e. The Morgan fingerprint density at radius 3 is 2.72 bits per heavy atom. The van der Waals surface area contributed by atoms with Crippen LogP contribution in [0.25, 0.3) is 0 Å². The molecule has 3 heterocycles. The Bertz CT molecular complexity index is 1320. The first-order valence-electron chi connectivity index (χ1n) is 11.2. The van der Waals surface area contributed by atoms with Crippen molar-refractivity contribution in [2.75, 3.05) is 20.2 Å². The molecule has 1 aliphatic rings. The number of hydrogen-bond acceptors (Lipinski definition) is 8. The number of nitrogens with zero attached hydrogens (tertiary/aromatic N) is 2. The Labute approximate surface area is 222 Å². The van der Waals surface area contributed by atoms with Gasteiger partial charge in [0.15, 0.2) is 0 Å². The molecule has 2 aromatic heterocycles. The number of esters is 1. The summed E-state index contributed by atoms with van der Waals surface area (Å²) in [4.78, 5) is 38.5. The van der Waals surface area contributed by atoms with Gasteiger partial charge in [0.05, 0.1) is 7.11 Å². The molecule has 0 spiro atoms. The van der Waals surface area contributed by atoms with Crippen LogP contribution in [0.5, 0.6) is 0 Å². The van der Waals surface area contributed by atoms with Crippen LogP contribution in [0.1, 0.15) is 37.7 Å². The van der Waals surface area contributed by atoms with Crippen molar-refractivity contribution in [2.24, 2.45) is 0 Å². The van der Waals surface area contributed by atoms with Crippen LogP contribution in [0.3, 0.4) is 0 Å². The molecule has 1 aromatic carbocycles. The van der Waals surface area contributed by atoms with Crippen LogP contribution in [0.4, 0.5) is 4.79 Å². The Hall–Kier alpha value is -3.32. The van der Waals surface area contributed by atoms with E-state index in [-0.39, 0.29) is 17.0 Å². The molecule has 0 aliphatic carbocycles. The van der Waals surface area contributed by atoms with E-state index in [4.69, 9.17) is 4.74 Å². The standard InChI is InChI=1S/C27H24N2O4S3/c1-33-26(31)25-8-7-24(36-25)10-13-29-27(32)35-16-14-28(29)12-9-23(30)18-22-4-2-3-20(17-22)5-6-21-11-15-34-19-21/h2-4,7-8,11,14-17,19H,9-10,12-13,18H2,1H3. The second-order valence-corrected chi connectivity index (χ2v) is 10.7. The maximum atomic E-state index is 12.7. The van der Waals surface area contributed by atoms with Gasteiger partial charge in [0, 0.05) is 59.9 Å². The molecular formula is C27H24N2O4S3. The number of thiophene rings is 2. The zero-order valence-corrected chi connectivity index (χ0v) is 22.1. The number of rotatable bonds is 9. The normalized spacial score (nSPS) is 12.9. The lowest BCUT2D eigenvalue weighted by Crippen LogP contribution is -2.45. The predicted molar refractivity (Wildman–Crippen MR) is 145 cm³/mol. The van der Waals surface area contributed by atoms with Gasteiger partial charge in [0.25, 0.3) is 0 Å². The Morgan fingerprint density at radius 2 is 1.92 bits per heavy atom. The molecular weight excluding hydrogens is 513 g/mol. The smallest absolute Gasteiger partial charge is 0.348 e. The number of methoxy groups -OCH3 is 1. The van der Waals surface area contributed by atoms with Crippen molar-refractivity contribution in [3.8, 4) is 11.8 Å². The monoisotopic (exact) mass is 536 g/mol. The number of hydrazine groups is 1. The van der Waals surface area contributed by atoms with E-state index >= 15 is 0 Å². The van der Waals surface area contributed by atoms with Crippen molar-refractivity contribution >= 4 is 51.4 Å². The van der Waals surface area contributed by atoms with Gasteiger partial charge >= 0.3 is 11.2 Å². The number of benzene rings is 1. The fourth-order valence-electron chi connectivity index (χ4n) is 3.55.